The topological polar surface area (TPSA) is 95.3 Å². The van der Waals surface area contributed by atoms with E-state index in [1.54, 1.807) is 27.1 Å². The van der Waals surface area contributed by atoms with Crippen LogP contribution in [-0.2, 0) is 27.7 Å². The van der Waals surface area contributed by atoms with Crippen molar-refractivity contribution in [1.29, 1.82) is 0 Å². The Bertz CT molecular complexity index is 1110. The van der Waals surface area contributed by atoms with Crippen molar-refractivity contribution in [3.63, 3.8) is 0 Å². The predicted molar refractivity (Wildman–Crippen MR) is 122 cm³/mol. The minimum atomic E-state index is -0.864. The van der Waals surface area contributed by atoms with Crippen molar-refractivity contribution in [2.24, 2.45) is 12.5 Å². The highest BCUT2D eigenvalue weighted by Crippen LogP contribution is 2.32. The third-order valence-corrected chi connectivity index (χ3v) is 5.81. The minimum Gasteiger partial charge on any atom is -0.436 e. The molecule has 2 aromatic carbocycles. The molecule has 4 rings (SSSR count). The summed E-state index contributed by atoms with van der Waals surface area (Å²) in [7, 11) is 1.70. The normalized spacial score (nSPS) is 21.3. The number of aryl methyl sites for hydroxylation is 1. The van der Waals surface area contributed by atoms with E-state index in [4.69, 9.17) is 9.47 Å². The van der Waals surface area contributed by atoms with E-state index in [1.165, 1.54) is 4.68 Å². The van der Waals surface area contributed by atoms with Gasteiger partial charge in [-0.05, 0) is 43.4 Å². The number of esters is 1. The van der Waals surface area contributed by atoms with Crippen LogP contribution in [0.1, 0.15) is 36.3 Å². The van der Waals surface area contributed by atoms with Gasteiger partial charge in [0.25, 0.3) is 5.91 Å². The SMILES string of the molecule is C[C@@H]1OC[C@](C)(C[C@@H](Cc2ccc(-c3ccccc3)cc2)NC(=O)c2cn(C)nn2)C(=O)O1. The molecular weight excluding hydrogens is 420 g/mol. The van der Waals surface area contributed by atoms with Crippen LogP contribution in [-0.4, -0.2) is 45.8 Å². The Morgan fingerprint density at radius 3 is 2.52 bits per heavy atom. The minimum absolute atomic E-state index is 0.225. The first kappa shape index (κ1) is 22.7. The number of carbonyl (C=O) groups excluding carboxylic acids is 2. The lowest BCUT2D eigenvalue weighted by Crippen LogP contribution is -2.49. The van der Waals surface area contributed by atoms with Gasteiger partial charge in [-0.2, -0.15) is 0 Å². The zero-order chi connectivity index (χ0) is 23.4. The third-order valence-electron chi connectivity index (χ3n) is 5.81. The van der Waals surface area contributed by atoms with Crippen molar-refractivity contribution in [2.75, 3.05) is 6.61 Å². The summed E-state index contributed by atoms with van der Waals surface area (Å²) in [6, 6.07) is 18.0. The molecule has 1 aliphatic heterocycles. The van der Waals surface area contributed by atoms with Gasteiger partial charge in [0, 0.05) is 13.1 Å². The van der Waals surface area contributed by atoms with E-state index in [0.717, 1.165) is 16.7 Å². The van der Waals surface area contributed by atoms with Gasteiger partial charge in [-0.25, -0.2) is 0 Å². The summed E-state index contributed by atoms with van der Waals surface area (Å²) in [6.07, 6.45) is 1.90. The van der Waals surface area contributed by atoms with Crippen LogP contribution >= 0.6 is 0 Å². The van der Waals surface area contributed by atoms with Crippen LogP contribution in [0.2, 0.25) is 0 Å². The molecule has 1 aromatic heterocycles. The van der Waals surface area contributed by atoms with E-state index in [1.807, 2.05) is 30.3 Å². The molecule has 2 heterocycles. The number of hydrogen-bond donors (Lipinski definition) is 1. The maximum Gasteiger partial charge on any atom is 0.316 e. The Morgan fingerprint density at radius 1 is 1.18 bits per heavy atom. The average molecular weight is 449 g/mol. The summed E-state index contributed by atoms with van der Waals surface area (Å²) in [6.45, 7) is 3.73. The molecule has 33 heavy (non-hydrogen) atoms. The first-order valence-electron chi connectivity index (χ1n) is 11.0. The van der Waals surface area contributed by atoms with Gasteiger partial charge in [-0.3, -0.25) is 14.3 Å². The van der Waals surface area contributed by atoms with Crippen molar-refractivity contribution in [3.8, 4) is 11.1 Å². The smallest absolute Gasteiger partial charge is 0.316 e. The zero-order valence-corrected chi connectivity index (χ0v) is 19.0. The lowest BCUT2D eigenvalue weighted by atomic mass is 9.82. The van der Waals surface area contributed by atoms with Crippen molar-refractivity contribution >= 4 is 11.9 Å². The Labute approximate surface area is 192 Å². The molecule has 8 nitrogen and oxygen atoms in total. The van der Waals surface area contributed by atoms with Gasteiger partial charge in [-0.1, -0.05) is 59.8 Å². The van der Waals surface area contributed by atoms with Gasteiger partial charge in [0.1, 0.15) is 0 Å². The van der Waals surface area contributed by atoms with Crippen molar-refractivity contribution in [1.82, 2.24) is 20.3 Å². The van der Waals surface area contributed by atoms with E-state index in [0.29, 0.717) is 12.8 Å². The van der Waals surface area contributed by atoms with Gasteiger partial charge < -0.3 is 14.8 Å². The number of aromatic nitrogens is 3. The van der Waals surface area contributed by atoms with Crippen LogP contribution in [0.15, 0.2) is 60.8 Å². The molecule has 1 saturated heterocycles. The van der Waals surface area contributed by atoms with E-state index >= 15 is 0 Å². The number of hydrogen-bond acceptors (Lipinski definition) is 6. The maximum atomic E-state index is 12.8. The summed E-state index contributed by atoms with van der Waals surface area (Å²) in [5.41, 5.74) is 2.66. The van der Waals surface area contributed by atoms with E-state index < -0.39 is 11.7 Å². The van der Waals surface area contributed by atoms with Crippen LogP contribution in [0.3, 0.4) is 0 Å². The molecule has 3 aromatic rings. The molecule has 8 heteroatoms. The zero-order valence-electron chi connectivity index (χ0n) is 19.0. The molecule has 0 saturated carbocycles. The van der Waals surface area contributed by atoms with Gasteiger partial charge in [0.05, 0.1) is 18.2 Å². The van der Waals surface area contributed by atoms with Crippen molar-refractivity contribution < 1.29 is 19.1 Å². The fourth-order valence-electron chi connectivity index (χ4n) is 4.01. The molecule has 0 unspecified atom stereocenters. The Kier molecular flexibility index (Phi) is 6.55. The monoisotopic (exact) mass is 448 g/mol. The Balaban J connectivity index is 1.53. The van der Waals surface area contributed by atoms with Crippen LogP contribution < -0.4 is 5.32 Å². The lowest BCUT2D eigenvalue weighted by molar-refractivity contribution is -0.219. The fraction of sp³-hybridized carbons (Fsp3) is 0.360. The average Bonchev–Trinajstić information content (AvgIpc) is 3.24. The highest BCUT2D eigenvalue weighted by atomic mass is 16.7. The predicted octanol–water partition coefficient (Wildman–Crippen LogP) is 3.14. The van der Waals surface area contributed by atoms with Crippen molar-refractivity contribution in [2.45, 2.75) is 39.0 Å². The van der Waals surface area contributed by atoms with Gasteiger partial charge in [-0.15, -0.1) is 5.10 Å². The third kappa shape index (κ3) is 5.46. The number of carbonyl (C=O) groups is 2. The number of amides is 1. The lowest BCUT2D eigenvalue weighted by Gasteiger charge is -2.36. The molecule has 0 aliphatic carbocycles. The molecule has 1 fully saturated rings. The molecule has 1 N–H and O–H groups in total. The second-order valence-corrected chi connectivity index (χ2v) is 8.76. The van der Waals surface area contributed by atoms with Crippen LogP contribution in [0.4, 0.5) is 0 Å². The Morgan fingerprint density at radius 2 is 1.88 bits per heavy atom. The highest BCUT2D eigenvalue weighted by molar-refractivity contribution is 5.92. The highest BCUT2D eigenvalue weighted by Gasteiger charge is 2.42. The van der Waals surface area contributed by atoms with Gasteiger partial charge >= 0.3 is 5.97 Å². The van der Waals surface area contributed by atoms with Gasteiger partial charge in [0.2, 0.25) is 0 Å². The summed E-state index contributed by atoms with van der Waals surface area (Å²) in [4.78, 5) is 25.4. The molecule has 0 bridgehead atoms. The molecule has 1 aliphatic rings. The summed E-state index contributed by atoms with van der Waals surface area (Å²) >= 11 is 0. The van der Waals surface area contributed by atoms with Gasteiger partial charge in [0.15, 0.2) is 12.0 Å². The second kappa shape index (κ2) is 9.54. The van der Waals surface area contributed by atoms with Crippen molar-refractivity contribution in [3.05, 3.63) is 72.1 Å². The maximum absolute atomic E-state index is 12.8. The second-order valence-electron chi connectivity index (χ2n) is 8.76. The number of benzene rings is 2. The summed E-state index contributed by atoms with van der Waals surface area (Å²) in [5.74, 6) is -0.657. The molecule has 0 spiro atoms. The molecular formula is C25H28N4O4. The largest absolute Gasteiger partial charge is 0.436 e. The number of nitrogens with zero attached hydrogens (tertiary/aromatic N) is 3. The molecule has 172 valence electrons. The van der Waals surface area contributed by atoms with E-state index in [2.05, 4.69) is 39.9 Å². The van der Waals surface area contributed by atoms with E-state index in [9.17, 15) is 9.59 Å². The van der Waals surface area contributed by atoms with E-state index in [-0.39, 0.29) is 30.2 Å². The fourth-order valence-corrected chi connectivity index (χ4v) is 4.01. The number of nitrogens with one attached hydrogen (secondary N) is 1. The Hall–Kier alpha value is -3.52. The van der Waals surface area contributed by atoms with Crippen LogP contribution in [0, 0.1) is 5.41 Å². The van der Waals surface area contributed by atoms with Crippen LogP contribution in [0.25, 0.3) is 11.1 Å². The molecule has 3 atom stereocenters. The molecule has 0 radical (unpaired) electrons. The summed E-state index contributed by atoms with van der Waals surface area (Å²) < 4.78 is 12.4. The van der Waals surface area contributed by atoms with Crippen LogP contribution in [0.5, 0.6) is 0 Å². The summed E-state index contributed by atoms with van der Waals surface area (Å²) in [5, 5.41) is 10.8. The quantitative estimate of drug-likeness (QED) is 0.558. The number of cyclic esters (lactones) is 1. The number of rotatable bonds is 7. The standard InChI is InChI=1S/C25H28N4O4/c1-17-32-16-25(2,24(31)33-17)14-21(26-23(30)22-15-29(3)28-27-22)13-18-9-11-20(12-10-18)19-7-5-4-6-8-19/h4-12,15,17,21H,13-14,16H2,1-3H3,(H,26,30)/t17-,21-,25+/m1/s1. The number of ether oxygens (including phenoxy) is 2. The first-order chi connectivity index (χ1) is 15.8. The first-order valence-corrected chi connectivity index (χ1v) is 11.0. The molecule has 1 amide bonds.